The molecule has 1 saturated heterocycles. The van der Waals surface area contributed by atoms with Crippen LogP contribution < -0.4 is 10.6 Å². The lowest BCUT2D eigenvalue weighted by Crippen LogP contribution is -2.47. The van der Waals surface area contributed by atoms with Gasteiger partial charge in [-0.3, -0.25) is 19.8 Å². The van der Waals surface area contributed by atoms with Gasteiger partial charge in [-0.05, 0) is 45.0 Å². The van der Waals surface area contributed by atoms with Gasteiger partial charge in [-0.1, -0.05) is 5.16 Å². The Morgan fingerprint density at radius 1 is 1.11 bits per heavy atom. The lowest BCUT2D eigenvalue weighted by Gasteiger charge is -2.31. The molecule has 2 amide bonds. The molecular formula is C19H24N4O4. The molecule has 3 rings (SSSR count). The second-order valence-electron chi connectivity index (χ2n) is 6.57. The number of hydrogen-bond acceptors (Lipinski definition) is 6. The van der Waals surface area contributed by atoms with Crippen LogP contribution in [0.3, 0.4) is 0 Å². The summed E-state index contributed by atoms with van der Waals surface area (Å²) in [5, 5.41) is 9.40. The molecule has 2 heterocycles. The van der Waals surface area contributed by atoms with Gasteiger partial charge in [0.25, 0.3) is 5.91 Å². The molecule has 1 aromatic heterocycles. The number of nitrogens with one attached hydrogen (secondary N) is 2. The predicted molar refractivity (Wildman–Crippen MR) is 101 cm³/mol. The van der Waals surface area contributed by atoms with Crippen molar-refractivity contribution in [2.24, 2.45) is 0 Å². The minimum Gasteiger partial charge on any atom is -0.379 e. The Hall–Kier alpha value is -2.71. The Balaban J connectivity index is 1.58. The first-order valence-electron chi connectivity index (χ1n) is 8.92. The van der Waals surface area contributed by atoms with E-state index in [9.17, 15) is 9.59 Å². The highest BCUT2D eigenvalue weighted by Crippen LogP contribution is 2.19. The van der Waals surface area contributed by atoms with E-state index in [1.807, 2.05) is 20.8 Å². The maximum absolute atomic E-state index is 12.4. The van der Waals surface area contributed by atoms with E-state index in [-0.39, 0.29) is 17.9 Å². The number of aromatic nitrogens is 1. The Morgan fingerprint density at radius 3 is 2.37 bits per heavy atom. The van der Waals surface area contributed by atoms with E-state index in [2.05, 4.69) is 20.7 Å². The van der Waals surface area contributed by atoms with Crippen molar-refractivity contribution in [1.29, 1.82) is 0 Å². The fraction of sp³-hybridized carbons (Fsp3) is 0.421. The highest BCUT2D eigenvalue weighted by Gasteiger charge is 2.23. The zero-order valence-corrected chi connectivity index (χ0v) is 15.7. The van der Waals surface area contributed by atoms with Crippen LogP contribution >= 0.6 is 0 Å². The molecule has 2 aromatic rings. The van der Waals surface area contributed by atoms with Crippen LogP contribution in [-0.4, -0.2) is 54.2 Å². The van der Waals surface area contributed by atoms with Crippen LogP contribution in [0.2, 0.25) is 0 Å². The second kappa shape index (κ2) is 8.32. The number of hydrogen-bond donors (Lipinski definition) is 2. The van der Waals surface area contributed by atoms with Crippen LogP contribution in [0.5, 0.6) is 0 Å². The fourth-order valence-electron chi connectivity index (χ4n) is 2.79. The molecule has 1 fully saturated rings. The first-order chi connectivity index (χ1) is 13.0. The normalized spacial score (nSPS) is 16.0. The highest BCUT2D eigenvalue weighted by atomic mass is 16.5. The van der Waals surface area contributed by atoms with Crippen molar-refractivity contribution in [3.05, 3.63) is 41.1 Å². The smallest absolute Gasteiger partial charge is 0.258 e. The molecule has 1 atom stereocenters. The van der Waals surface area contributed by atoms with Crippen molar-refractivity contribution in [2.75, 3.05) is 36.9 Å². The summed E-state index contributed by atoms with van der Waals surface area (Å²) >= 11 is 0. The number of anilines is 2. The van der Waals surface area contributed by atoms with E-state index in [4.69, 9.17) is 9.26 Å². The summed E-state index contributed by atoms with van der Waals surface area (Å²) in [5.74, 6) is -0.0371. The number of carbonyl (C=O) groups is 2. The minimum atomic E-state index is -0.297. The van der Waals surface area contributed by atoms with Gasteiger partial charge in [-0.2, -0.15) is 0 Å². The lowest BCUT2D eigenvalue weighted by molar-refractivity contribution is -0.122. The number of benzene rings is 1. The summed E-state index contributed by atoms with van der Waals surface area (Å²) < 4.78 is 10.4. The van der Waals surface area contributed by atoms with Gasteiger partial charge in [0.1, 0.15) is 0 Å². The van der Waals surface area contributed by atoms with Crippen LogP contribution in [0.15, 0.2) is 28.8 Å². The minimum absolute atomic E-state index is 0.0816. The maximum atomic E-state index is 12.4. The van der Waals surface area contributed by atoms with Gasteiger partial charge in [-0.15, -0.1) is 0 Å². The number of morpholine rings is 1. The standard InChI is InChI=1S/C19H24N4O4/c1-12-13(2)22-27-19(12)21-18(25)15-4-6-16(7-5-15)20-17(24)14(3)23-8-10-26-11-9-23/h4-7,14H,8-11H2,1-3H3,(H,20,24)(H,21,25). The van der Waals surface area contributed by atoms with Crippen LogP contribution in [0, 0.1) is 13.8 Å². The van der Waals surface area contributed by atoms with Crippen molar-refractivity contribution in [1.82, 2.24) is 10.1 Å². The van der Waals surface area contributed by atoms with Crippen molar-refractivity contribution >= 4 is 23.4 Å². The second-order valence-corrected chi connectivity index (χ2v) is 6.57. The molecule has 27 heavy (non-hydrogen) atoms. The average molecular weight is 372 g/mol. The lowest BCUT2D eigenvalue weighted by atomic mass is 10.1. The number of aryl methyl sites for hydroxylation is 1. The third-order valence-corrected chi connectivity index (χ3v) is 4.77. The monoisotopic (exact) mass is 372 g/mol. The molecule has 0 aliphatic carbocycles. The summed E-state index contributed by atoms with van der Waals surface area (Å²) in [4.78, 5) is 26.8. The average Bonchev–Trinajstić information content (AvgIpc) is 3.00. The molecule has 1 unspecified atom stereocenters. The van der Waals surface area contributed by atoms with Gasteiger partial charge in [0.05, 0.1) is 24.9 Å². The summed E-state index contributed by atoms with van der Waals surface area (Å²) in [6.07, 6.45) is 0. The molecule has 8 nitrogen and oxygen atoms in total. The van der Waals surface area contributed by atoms with Crippen molar-refractivity contribution in [3.63, 3.8) is 0 Å². The number of ether oxygens (including phenoxy) is 1. The Labute approximate surface area is 157 Å². The molecule has 8 heteroatoms. The van der Waals surface area contributed by atoms with Gasteiger partial charge in [0.15, 0.2) is 0 Å². The third-order valence-electron chi connectivity index (χ3n) is 4.77. The van der Waals surface area contributed by atoms with Crippen LogP contribution in [0.1, 0.15) is 28.5 Å². The fourth-order valence-corrected chi connectivity index (χ4v) is 2.79. The van der Waals surface area contributed by atoms with E-state index in [0.29, 0.717) is 30.3 Å². The highest BCUT2D eigenvalue weighted by molar-refractivity contribution is 6.04. The molecule has 0 radical (unpaired) electrons. The van der Waals surface area contributed by atoms with Gasteiger partial charge in [0.2, 0.25) is 11.8 Å². The number of amides is 2. The molecule has 0 saturated carbocycles. The van der Waals surface area contributed by atoms with Crippen LogP contribution in [-0.2, 0) is 9.53 Å². The van der Waals surface area contributed by atoms with Crippen LogP contribution in [0.4, 0.5) is 11.6 Å². The van der Waals surface area contributed by atoms with Gasteiger partial charge in [-0.25, -0.2) is 0 Å². The first kappa shape index (κ1) is 19.1. The zero-order chi connectivity index (χ0) is 19.4. The van der Waals surface area contributed by atoms with E-state index in [1.165, 1.54) is 0 Å². The Bertz CT molecular complexity index is 810. The first-order valence-corrected chi connectivity index (χ1v) is 8.92. The molecule has 2 N–H and O–H groups in total. The molecule has 1 aliphatic rings. The quantitative estimate of drug-likeness (QED) is 0.835. The summed E-state index contributed by atoms with van der Waals surface area (Å²) in [5.41, 5.74) is 2.63. The van der Waals surface area contributed by atoms with Crippen molar-refractivity contribution < 1.29 is 18.8 Å². The van der Waals surface area contributed by atoms with Gasteiger partial charge >= 0.3 is 0 Å². The maximum Gasteiger partial charge on any atom is 0.258 e. The van der Waals surface area contributed by atoms with Crippen molar-refractivity contribution in [3.8, 4) is 0 Å². The van der Waals surface area contributed by atoms with E-state index in [0.717, 1.165) is 24.3 Å². The number of nitrogens with zero attached hydrogens (tertiary/aromatic N) is 2. The largest absolute Gasteiger partial charge is 0.379 e. The molecule has 0 spiro atoms. The Morgan fingerprint density at radius 2 is 1.78 bits per heavy atom. The SMILES string of the molecule is Cc1noc(NC(=O)c2ccc(NC(=O)C(C)N3CCOCC3)cc2)c1C. The van der Waals surface area contributed by atoms with Gasteiger partial charge < -0.3 is 14.6 Å². The third kappa shape index (κ3) is 4.53. The summed E-state index contributed by atoms with van der Waals surface area (Å²) in [7, 11) is 0. The summed E-state index contributed by atoms with van der Waals surface area (Å²) in [6.45, 7) is 8.30. The van der Waals surface area contributed by atoms with E-state index >= 15 is 0 Å². The van der Waals surface area contributed by atoms with Gasteiger partial charge in [0, 0.05) is 29.9 Å². The number of carbonyl (C=O) groups excluding carboxylic acids is 2. The molecule has 1 aromatic carbocycles. The van der Waals surface area contributed by atoms with Crippen molar-refractivity contribution in [2.45, 2.75) is 26.8 Å². The predicted octanol–water partition coefficient (Wildman–Crippen LogP) is 2.20. The molecule has 144 valence electrons. The van der Waals surface area contributed by atoms with E-state index in [1.54, 1.807) is 24.3 Å². The molecular weight excluding hydrogens is 348 g/mol. The molecule has 0 bridgehead atoms. The summed E-state index contributed by atoms with van der Waals surface area (Å²) in [6, 6.07) is 6.48. The van der Waals surface area contributed by atoms with Crippen LogP contribution in [0.25, 0.3) is 0 Å². The Kier molecular flexibility index (Phi) is 5.88. The molecule has 1 aliphatic heterocycles. The topological polar surface area (TPSA) is 96.7 Å². The zero-order valence-electron chi connectivity index (χ0n) is 15.7. The number of rotatable bonds is 5. The van der Waals surface area contributed by atoms with E-state index < -0.39 is 0 Å².